The summed E-state index contributed by atoms with van der Waals surface area (Å²) >= 11 is 1.75. The number of hydrogen-bond donors (Lipinski definition) is 0. The van der Waals surface area contributed by atoms with Crippen LogP contribution in [0.25, 0.3) is 11.3 Å². The number of benzene rings is 1. The second-order valence-electron chi connectivity index (χ2n) is 3.99. The fourth-order valence-electron chi connectivity index (χ4n) is 1.69. The summed E-state index contributed by atoms with van der Waals surface area (Å²) in [5, 5.41) is 3.35. The number of epoxide rings is 1. The number of thiazole rings is 1. The third-order valence-electron chi connectivity index (χ3n) is 2.70. The highest BCUT2D eigenvalue weighted by Crippen LogP contribution is 2.24. The van der Waals surface area contributed by atoms with E-state index in [-0.39, 0.29) is 0 Å². The van der Waals surface area contributed by atoms with E-state index in [9.17, 15) is 0 Å². The Morgan fingerprint density at radius 1 is 1.31 bits per heavy atom. The van der Waals surface area contributed by atoms with Crippen LogP contribution < -0.4 is 0 Å². The Hall–Kier alpha value is -1.19. The minimum Gasteiger partial charge on any atom is -0.373 e. The molecule has 1 aromatic heterocycles. The lowest BCUT2D eigenvalue weighted by molar-refractivity contribution is 0.396. The highest BCUT2D eigenvalue weighted by molar-refractivity contribution is 7.09. The van der Waals surface area contributed by atoms with Crippen LogP contribution in [-0.4, -0.2) is 17.7 Å². The van der Waals surface area contributed by atoms with Crippen molar-refractivity contribution in [2.45, 2.75) is 18.9 Å². The molecular formula is C13H13NOS. The molecule has 82 valence electrons. The van der Waals surface area contributed by atoms with Crippen LogP contribution in [0.3, 0.4) is 0 Å². The van der Waals surface area contributed by atoms with Crippen LogP contribution >= 0.6 is 11.3 Å². The fourth-order valence-corrected chi connectivity index (χ4v) is 2.51. The fraction of sp³-hybridized carbons (Fsp3) is 0.308. The molecule has 1 unspecified atom stereocenters. The van der Waals surface area contributed by atoms with Gasteiger partial charge in [-0.25, -0.2) is 4.98 Å². The first kappa shape index (κ1) is 10.00. The molecule has 0 N–H and O–H groups in total. The summed E-state index contributed by atoms with van der Waals surface area (Å²) in [7, 11) is 0. The Labute approximate surface area is 98.9 Å². The van der Waals surface area contributed by atoms with Gasteiger partial charge in [0.25, 0.3) is 0 Å². The summed E-state index contributed by atoms with van der Waals surface area (Å²) in [6.45, 7) is 0.941. The molecule has 1 aliphatic heterocycles. The third kappa shape index (κ3) is 2.31. The van der Waals surface area contributed by atoms with Gasteiger partial charge in [0, 0.05) is 17.4 Å². The Bertz CT molecular complexity index is 462. The van der Waals surface area contributed by atoms with Crippen LogP contribution in [0.5, 0.6) is 0 Å². The zero-order chi connectivity index (χ0) is 10.8. The summed E-state index contributed by atoms with van der Waals surface area (Å²) in [6.07, 6.45) is 2.66. The van der Waals surface area contributed by atoms with E-state index < -0.39 is 0 Å². The minimum atomic E-state index is 0.504. The number of ether oxygens (including phenoxy) is 1. The smallest absolute Gasteiger partial charge is 0.0933 e. The highest BCUT2D eigenvalue weighted by Gasteiger charge is 2.22. The van der Waals surface area contributed by atoms with Gasteiger partial charge in [0.05, 0.1) is 23.4 Å². The van der Waals surface area contributed by atoms with Crippen molar-refractivity contribution in [1.82, 2.24) is 4.98 Å². The van der Waals surface area contributed by atoms with Gasteiger partial charge in [-0.05, 0) is 6.42 Å². The maximum Gasteiger partial charge on any atom is 0.0933 e. The van der Waals surface area contributed by atoms with E-state index in [1.807, 2.05) is 18.2 Å². The maximum absolute atomic E-state index is 5.20. The Balaban J connectivity index is 1.71. The Kier molecular flexibility index (Phi) is 2.72. The first-order valence-corrected chi connectivity index (χ1v) is 6.41. The number of hydrogen-bond acceptors (Lipinski definition) is 3. The van der Waals surface area contributed by atoms with Gasteiger partial charge in [-0.3, -0.25) is 0 Å². The van der Waals surface area contributed by atoms with Crippen molar-refractivity contribution in [3.8, 4) is 11.3 Å². The molecule has 0 bridgehead atoms. The lowest BCUT2D eigenvalue weighted by Crippen LogP contribution is -1.90. The maximum atomic E-state index is 5.20. The van der Waals surface area contributed by atoms with Crippen LogP contribution in [-0.2, 0) is 11.2 Å². The molecule has 2 nitrogen and oxygen atoms in total. The standard InChI is InChI=1S/C13H13NOS/c1-2-4-10(5-3-1)12-9-16-13(14-12)7-6-11-8-15-11/h1-5,9,11H,6-8H2. The molecule has 16 heavy (non-hydrogen) atoms. The molecule has 0 saturated carbocycles. The van der Waals surface area contributed by atoms with Gasteiger partial charge in [-0.15, -0.1) is 11.3 Å². The van der Waals surface area contributed by atoms with Gasteiger partial charge in [-0.2, -0.15) is 0 Å². The summed E-state index contributed by atoms with van der Waals surface area (Å²) in [4.78, 5) is 4.64. The monoisotopic (exact) mass is 231 g/mol. The molecule has 1 atom stereocenters. The van der Waals surface area contributed by atoms with E-state index in [1.165, 1.54) is 10.6 Å². The number of nitrogens with zero attached hydrogens (tertiary/aromatic N) is 1. The lowest BCUT2D eigenvalue weighted by Gasteiger charge is -1.94. The lowest BCUT2D eigenvalue weighted by atomic mass is 10.2. The van der Waals surface area contributed by atoms with Crippen molar-refractivity contribution in [2.75, 3.05) is 6.61 Å². The van der Waals surface area contributed by atoms with Gasteiger partial charge < -0.3 is 4.74 Å². The average molecular weight is 231 g/mol. The molecule has 0 spiro atoms. The van der Waals surface area contributed by atoms with E-state index in [1.54, 1.807) is 11.3 Å². The first-order chi connectivity index (χ1) is 7.92. The summed E-state index contributed by atoms with van der Waals surface area (Å²) in [6, 6.07) is 10.3. The molecule has 3 heteroatoms. The summed E-state index contributed by atoms with van der Waals surface area (Å²) in [5.74, 6) is 0. The van der Waals surface area contributed by atoms with Crippen molar-refractivity contribution in [3.05, 3.63) is 40.7 Å². The third-order valence-corrected chi connectivity index (χ3v) is 3.61. The van der Waals surface area contributed by atoms with Crippen molar-refractivity contribution in [2.24, 2.45) is 0 Å². The minimum absolute atomic E-state index is 0.504. The molecule has 1 fully saturated rings. The van der Waals surface area contributed by atoms with Crippen LogP contribution in [0, 0.1) is 0 Å². The molecule has 0 aliphatic carbocycles. The average Bonchev–Trinajstić information content (AvgIpc) is 3.05. The predicted molar refractivity (Wildman–Crippen MR) is 65.6 cm³/mol. The molecule has 2 heterocycles. The topological polar surface area (TPSA) is 25.4 Å². The second-order valence-corrected chi connectivity index (χ2v) is 4.93. The number of rotatable bonds is 4. The van der Waals surface area contributed by atoms with E-state index in [0.717, 1.165) is 25.1 Å². The molecular weight excluding hydrogens is 218 g/mol. The largest absolute Gasteiger partial charge is 0.373 e. The van der Waals surface area contributed by atoms with Gasteiger partial charge >= 0.3 is 0 Å². The normalized spacial score (nSPS) is 18.6. The van der Waals surface area contributed by atoms with Crippen LogP contribution in [0.15, 0.2) is 35.7 Å². The van der Waals surface area contributed by atoms with E-state index in [0.29, 0.717) is 6.10 Å². The van der Waals surface area contributed by atoms with Gasteiger partial charge in [0.1, 0.15) is 0 Å². The van der Waals surface area contributed by atoms with E-state index in [2.05, 4.69) is 22.5 Å². The molecule has 3 rings (SSSR count). The highest BCUT2D eigenvalue weighted by atomic mass is 32.1. The van der Waals surface area contributed by atoms with Crippen molar-refractivity contribution < 1.29 is 4.74 Å². The molecule has 0 amide bonds. The first-order valence-electron chi connectivity index (χ1n) is 5.53. The van der Waals surface area contributed by atoms with Crippen LogP contribution in [0.4, 0.5) is 0 Å². The van der Waals surface area contributed by atoms with Crippen molar-refractivity contribution in [3.63, 3.8) is 0 Å². The van der Waals surface area contributed by atoms with Crippen molar-refractivity contribution in [1.29, 1.82) is 0 Å². The quantitative estimate of drug-likeness (QED) is 0.755. The van der Waals surface area contributed by atoms with E-state index in [4.69, 9.17) is 4.74 Å². The van der Waals surface area contributed by atoms with Gasteiger partial charge in [0.15, 0.2) is 0 Å². The zero-order valence-electron chi connectivity index (χ0n) is 8.93. The molecule has 1 aliphatic rings. The SMILES string of the molecule is c1ccc(-c2csc(CCC3CO3)n2)cc1. The Morgan fingerprint density at radius 3 is 2.88 bits per heavy atom. The van der Waals surface area contributed by atoms with Gasteiger partial charge in [-0.1, -0.05) is 30.3 Å². The van der Waals surface area contributed by atoms with E-state index >= 15 is 0 Å². The summed E-state index contributed by atoms with van der Waals surface area (Å²) < 4.78 is 5.20. The number of aromatic nitrogens is 1. The summed E-state index contributed by atoms with van der Waals surface area (Å²) in [5.41, 5.74) is 2.30. The number of aryl methyl sites for hydroxylation is 1. The molecule has 0 radical (unpaired) electrons. The van der Waals surface area contributed by atoms with Gasteiger partial charge in [0.2, 0.25) is 0 Å². The van der Waals surface area contributed by atoms with Crippen LogP contribution in [0.1, 0.15) is 11.4 Å². The molecule has 1 saturated heterocycles. The zero-order valence-corrected chi connectivity index (χ0v) is 9.74. The second kappa shape index (κ2) is 4.36. The Morgan fingerprint density at radius 2 is 2.12 bits per heavy atom. The predicted octanol–water partition coefficient (Wildman–Crippen LogP) is 3.14. The van der Waals surface area contributed by atoms with Crippen molar-refractivity contribution >= 4 is 11.3 Å². The van der Waals surface area contributed by atoms with Crippen LogP contribution in [0.2, 0.25) is 0 Å². The molecule has 2 aromatic rings. The molecule has 1 aromatic carbocycles.